The number of carbonyl (C=O) groups excluding carboxylic acids is 2. The second-order valence-corrected chi connectivity index (χ2v) is 7.69. The van der Waals surface area contributed by atoms with Crippen molar-refractivity contribution in [3.63, 3.8) is 0 Å². The number of hydrogen-bond acceptors (Lipinski definition) is 4. The molecule has 1 saturated carbocycles. The van der Waals surface area contributed by atoms with Crippen LogP contribution >= 0.6 is 0 Å². The Hall–Kier alpha value is -1.82. The van der Waals surface area contributed by atoms with E-state index in [4.69, 9.17) is 4.42 Å². The second-order valence-electron chi connectivity index (χ2n) is 7.69. The van der Waals surface area contributed by atoms with Crippen LogP contribution in [0.5, 0.6) is 0 Å². The molecule has 1 saturated heterocycles. The van der Waals surface area contributed by atoms with E-state index in [2.05, 4.69) is 29.4 Å². The van der Waals surface area contributed by atoms with Gasteiger partial charge in [-0.1, -0.05) is 20.3 Å². The van der Waals surface area contributed by atoms with Gasteiger partial charge < -0.3 is 15.1 Å². The molecule has 2 unspecified atom stereocenters. The number of likely N-dealkylation sites (tertiary alicyclic amines) is 1. The van der Waals surface area contributed by atoms with Crippen LogP contribution in [0.3, 0.4) is 0 Å². The van der Waals surface area contributed by atoms with Crippen LogP contribution in [0.1, 0.15) is 49.4 Å². The summed E-state index contributed by atoms with van der Waals surface area (Å²) in [5.74, 6) is 2.32. The van der Waals surface area contributed by atoms with E-state index in [0.29, 0.717) is 24.1 Å². The van der Waals surface area contributed by atoms with Crippen molar-refractivity contribution in [3.05, 3.63) is 23.7 Å². The van der Waals surface area contributed by atoms with E-state index in [9.17, 15) is 9.59 Å². The molecule has 1 aromatic heterocycles. The maximum atomic E-state index is 12.3. The molecule has 0 spiro atoms. The highest BCUT2D eigenvalue weighted by molar-refractivity contribution is 5.91. The van der Waals surface area contributed by atoms with Gasteiger partial charge in [0.1, 0.15) is 5.76 Å². The first-order valence-corrected chi connectivity index (χ1v) is 9.31. The molecular formula is C19H29N3O3. The maximum Gasteiger partial charge on any atom is 0.286 e. The molecule has 1 aromatic rings. The van der Waals surface area contributed by atoms with Crippen molar-refractivity contribution in [2.75, 3.05) is 20.1 Å². The summed E-state index contributed by atoms with van der Waals surface area (Å²) in [6, 6.07) is 3.76. The second kappa shape index (κ2) is 7.60. The first-order chi connectivity index (χ1) is 12.0. The lowest BCUT2D eigenvalue weighted by molar-refractivity contribution is -0.128. The van der Waals surface area contributed by atoms with Gasteiger partial charge in [-0.25, -0.2) is 0 Å². The highest BCUT2D eigenvalue weighted by Gasteiger charge is 2.37. The fraction of sp³-hybridized carbons (Fsp3) is 0.684. The van der Waals surface area contributed by atoms with E-state index in [1.165, 1.54) is 6.42 Å². The minimum absolute atomic E-state index is 0.196. The van der Waals surface area contributed by atoms with Crippen LogP contribution in [0.25, 0.3) is 0 Å². The molecule has 138 valence electrons. The fourth-order valence-electron chi connectivity index (χ4n) is 3.77. The van der Waals surface area contributed by atoms with Gasteiger partial charge in [-0.2, -0.15) is 0 Å². The summed E-state index contributed by atoms with van der Waals surface area (Å²) in [4.78, 5) is 26.3. The summed E-state index contributed by atoms with van der Waals surface area (Å²) in [6.07, 6.45) is 3.24. The Morgan fingerprint density at radius 3 is 2.64 bits per heavy atom. The topological polar surface area (TPSA) is 74.6 Å². The van der Waals surface area contributed by atoms with E-state index in [-0.39, 0.29) is 23.8 Å². The number of furan rings is 1. The molecule has 2 heterocycles. The largest absolute Gasteiger partial charge is 0.455 e. The van der Waals surface area contributed by atoms with Crippen molar-refractivity contribution < 1.29 is 14.0 Å². The van der Waals surface area contributed by atoms with E-state index in [0.717, 1.165) is 31.7 Å². The quantitative estimate of drug-likeness (QED) is 0.825. The Morgan fingerprint density at radius 2 is 2.04 bits per heavy atom. The van der Waals surface area contributed by atoms with Crippen molar-refractivity contribution in [1.82, 2.24) is 15.5 Å². The molecule has 0 bridgehead atoms. The van der Waals surface area contributed by atoms with E-state index < -0.39 is 0 Å². The fourth-order valence-corrected chi connectivity index (χ4v) is 3.77. The third-order valence-corrected chi connectivity index (χ3v) is 5.59. The lowest BCUT2D eigenvalue weighted by atomic mass is 9.84. The highest BCUT2D eigenvalue weighted by Crippen LogP contribution is 2.29. The first kappa shape index (κ1) is 18.0. The van der Waals surface area contributed by atoms with Crippen molar-refractivity contribution >= 4 is 11.8 Å². The van der Waals surface area contributed by atoms with Crippen molar-refractivity contribution in [2.45, 2.75) is 45.7 Å². The number of amides is 2. The zero-order chi connectivity index (χ0) is 18.0. The smallest absolute Gasteiger partial charge is 0.286 e. The van der Waals surface area contributed by atoms with Crippen LogP contribution in [0.2, 0.25) is 0 Å². The molecule has 6 heteroatoms. The summed E-state index contributed by atoms with van der Waals surface area (Å²) in [7, 11) is 1.59. The molecule has 25 heavy (non-hydrogen) atoms. The van der Waals surface area contributed by atoms with E-state index >= 15 is 0 Å². The van der Waals surface area contributed by atoms with Crippen LogP contribution in [-0.4, -0.2) is 42.9 Å². The standard InChI is InChI=1S/C19H29N3O3/c1-12(2)15-10-22(9-14-7-8-17(25-14)19(24)20-3)11-16(15)21-18(23)13-5-4-6-13/h7-8,12-13,15-16H,4-6,9-11H2,1-3H3,(H,20,24)(H,21,23). The van der Waals surface area contributed by atoms with E-state index in [1.54, 1.807) is 13.1 Å². The Labute approximate surface area is 149 Å². The zero-order valence-electron chi connectivity index (χ0n) is 15.4. The summed E-state index contributed by atoms with van der Waals surface area (Å²) >= 11 is 0. The van der Waals surface area contributed by atoms with Gasteiger partial charge in [0.15, 0.2) is 5.76 Å². The molecule has 2 amide bonds. The number of nitrogens with zero attached hydrogens (tertiary/aromatic N) is 1. The third kappa shape index (κ3) is 4.06. The number of hydrogen-bond donors (Lipinski definition) is 2. The van der Waals surface area contributed by atoms with Gasteiger partial charge in [0.05, 0.1) is 6.54 Å². The lowest BCUT2D eigenvalue weighted by Gasteiger charge is -2.29. The molecule has 1 aliphatic heterocycles. The van der Waals surface area contributed by atoms with Crippen LogP contribution in [0.4, 0.5) is 0 Å². The Balaban J connectivity index is 1.60. The average molecular weight is 347 g/mol. The minimum atomic E-state index is -0.210. The predicted octanol–water partition coefficient (Wildman–Crippen LogP) is 2.01. The third-order valence-electron chi connectivity index (χ3n) is 5.59. The Kier molecular flexibility index (Phi) is 5.47. The molecule has 2 fully saturated rings. The van der Waals surface area contributed by atoms with Gasteiger partial charge in [0.25, 0.3) is 5.91 Å². The van der Waals surface area contributed by atoms with Crippen LogP contribution in [0.15, 0.2) is 16.5 Å². The molecule has 3 rings (SSSR count). The monoisotopic (exact) mass is 347 g/mol. The molecule has 0 aromatic carbocycles. The van der Waals surface area contributed by atoms with Crippen molar-refractivity contribution in [3.8, 4) is 0 Å². The lowest BCUT2D eigenvalue weighted by Crippen LogP contribution is -2.45. The number of rotatable bonds is 6. The van der Waals surface area contributed by atoms with Crippen molar-refractivity contribution in [1.29, 1.82) is 0 Å². The summed E-state index contributed by atoms with van der Waals surface area (Å²) in [5.41, 5.74) is 0. The maximum absolute atomic E-state index is 12.3. The Morgan fingerprint density at radius 1 is 1.28 bits per heavy atom. The normalized spacial score (nSPS) is 24.3. The van der Waals surface area contributed by atoms with Gasteiger partial charge >= 0.3 is 0 Å². The first-order valence-electron chi connectivity index (χ1n) is 9.31. The van der Waals surface area contributed by atoms with E-state index in [1.807, 2.05) is 6.07 Å². The van der Waals surface area contributed by atoms with Gasteiger partial charge in [0, 0.05) is 32.1 Å². The molecule has 2 atom stereocenters. The summed E-state index contributed by atoms with van der Waals surface area (Å²) < 4.78 is 5.63. The molecule has 1 aliphatic carbocycles. The van der Waals surface area contributed by atoms with Gasteiger partial charge in [-0.3, -0.25) is 14.5 Å². The highest BCUT2D eigenvalue weighted by atomic mass is 16.4. The molecular weight excluding hydrogens is 318 g/mol. The molecule has 2 aliphatic rings. The van der Waals surface area contributed by atoms with Crippen LogP contribution in [0, 0.1) is 17.8 Å². The number of carbonyl (C=O) groups is 2. The average Bonchev–Trinajstić information content (AvgIpc) is 3.12. The van der Waals surface area contributed by atoms with Crippen LogP contribution in [-0.2, 0) is 11.3 Å². The van der Waals surface area contributed by atoms with Crippen molar-refractivity contribution in [2.24, 2.45) is 17.8 Å². The number of nitrogens with one attached hydrogen (secondary N) is 2. The summed E-state index contributed by atoms with van der Waals surface area (Å²) in [5, 5.41) is 5.85. The molecule has 0 radical (unpaired) electrons. The minimum Gasteiger partial charge on any atom is -0.455 e. The molecule has 6 nitrogen and oxygen atoms in total. The predicted molar refractivity (Wildman–Crippen MR) is 95.0 cm³/mol. The van der Waals surface area contributed by atoms with Gasteiger partial charge in [-0.05, 0) is 36.8 Å². The summed E-state index contributed by atoms with van der Waals surface area (Å²) in [6.45, 7) is 6.86. The van der Waals surface area contributed by atoms with Gasteiger partial charge in [0.2, 0.25) is 5.91 Å². The zero-order valence-corrected chi connectivity index (χ0v) is 15.4. The van der Waals surface area contributed by atoms with Crippen LogP contribution < -0.4 is 10.6 Å². The Bertz CT molecular complexity index is 621. The van der Waals surface area contributed by atoms with Gasteiger partial charge in [-0.15, -0.1) is 0 Å². The molecule has 2 N–H and O–H groups in total. The SMILES string of the molecule is CNC(=O)c1ccc(CN2CC(NC(=O)C3CCC3)C(C(C)C)C2)o1.